The summed E-state index contributed by atoms with van der Waals surface area (Å²) in [6, 6.07) is 1.83. The van der Waals surface area contributed by atoms with Crippen molar-refractivity contribution < 1.29 is 4.79 Å². The van der Waals surface area contributed by atoms with Crippen LogP contribution in [0, 0.1) is 5.92 Å². The largest absolute Gasteiger partial charge is 0.368 e. The molecule has 0 radical (unpaired) electrons. The first-order chi connectivity index (χ1) is 8.19. The fourth-order valence-electron chi connectivity index (χ4n) is 1.92. The van der Waals surface area contributed by atoms with Gasteiger partial charge < -0.3 is 11.1 Å². The van der Waals surface area contributed by atoms with Crippen molar-refractivity contribution in [3.8, 4) is 0 Å². The number of rotatable bonds is 6. The first-order valence-electron chi connectivity index (χ1n) is 5.56. The highest BCUT2D eigenvalue weighted by Crippen LogP contribution is 2.41. The highest BCUT2D eigenvalue weighted by atomic mass is 32.2. The van der Waals surface area contributed by atoms with Crippen LogP contribution in [-0.4, -0.2) is 34.2 Å². The summed E-state index contributed by atoms with van der Waals surface area (Å²) in [5.74, 6) is 0.698. The van der Waals surface area contributed by atoms with E-state index in [-0.39, 0.29) is 5.91 Å². The van der Waals surface area contributed by atoms with Gasteiger partial charge in [-0.15, -0.1) is 11.8 Å². The third kappa shape index (κ3) is 2.58. The maximum Gasteiger partial charge on any atom is 0.238 e. The number of thioether (sulfide) groups is 1. The molecule has 1 heterocycles. The van der Waals surface area contributed by atoms with Gasteiger partial charge in [-0.1, -0.05) is 0 Å². The van der Waals surface area contributed by atoms with E-state index in [4.69, 9.17) is 5.73 Å². The van der Waals surface area contributed by atoms with E-state index in [9.17, 15) is 4.79 Å². The standard InChI is InChI=1S/C11H16N4OS/c1-13-11(10(12)16,8-2-3-8)6-17-9-4-5-14-7-15-9/h4-5,7-8,13H,2-3,6H2,1H3,(H2,12,16). The third-order valence-corrected chi connectivity index (χ3v) is 4.30. The molecule has 0 aromatic carbocycles. The van der Waals surface area contributed by atoms with Gasteiger partial charge in [0.25, 0.3) is 0 Å². The molecule has 1 aliphatic carbocycles. The van der Waals surface area contributed by atoms with Crippen molar-refractivity contribution in [2.24, 2.45) is 11.7 Å². The Morgan fingerprint density at radius 3 is 2.94 bits per heavy atom. The van der Waals surface area contributed by atoms with Gasteiger partial charge in [0.15, 0.2) is 0 Å². The smallest absolute Gasteiger partial charge is 0.238 e. The van der Waals surface area contributed by atoms with Gasteiger partial charge in [0.05, 0.1) is 5.03 Å². The molecular weight excluding hydrogens is 236 g/mol. The summed E-state index contributed by atoms with van der Waals surface area (Å²) >= 11 is 1.53. The first kappa shape index (κ1) is 12.3. The van der Waals surface area contributed by atoms with Gasteiger partial charge in [0.2, 0.25) is 5.91 Å². The Hall–Kier alpha value is -1.14. The minimum atomic E-state index is -0.602. The predicted octanol–water partition coefficient (Wildman–Crippen LogP) is 0.422. The van der Waals surface area contributed by atoms with Crippen LogP contribution in [0.15, 0.2) is 23.6 Å². The van der Waals surface area contributed by atoms with Gasteiger partial charge in [0, 0.05) is 11.9 Å². The predicted molar refractivity (Wildman–Crippen MR) is 66.5 cm³/mol. The van der Waals surface area contributed by atoms with Crippen molar-refractivity contribution >= 4 is 17.7 Å². The molecule has 0 bridgehead atoms. The lowest BCUT2D eigenvalue weighted by molar-refractivity contribution is -0.124. The van der Waals surface area contributed by atoms with Crippen molar-refractivity contribution in [3.63, 3.8) is 0 Å². The molecule has 92 valence electrons. The fourth-order valence-corrected chi connectivity index (χ4v) is 3.09. The molecule has 0 spiro atoms. The highest BCUT2D eigenvalue weighted by Gasteiger charge is 2.48. The average molecular weight is 252 g/mol. The monoisotopic (exact) mass is 252 g/mol. The number of primary amides is 1. The van der Waals surface area contributed by atoms with Crippen molar-refractivity contribution in [2.45, 2.75) is 23.4 Å². The number of carbonyl (C=O) groups is 1. The number of hydrogen-bond donors (Lipinski definition) is 2. The number of hydrogen-bond acceptors (Lipinski definition) is 5. The first-order valence-corrected chi connectivity index (χ1v) is 6.55. The lowest BCUT2D eigenvalue weighted by Gasteiger charge is -2.29. The zero-order valence-electron chi connectivity index (χ0n) is 9.72. The molecule has 17 heavy (non-hydrogen) atoms. The van der Waals surface area contributed by atoms with Crippen molar-refractivity contribution in [1.82, 2.24) is 15.3 Å². The summed E-state index contributed by atoms with van der Waals surface area (Å²) in [4.78, 5) is 19.7. The van der Waals surface area contributed by atoms with Crippen LogP contribution in [0.1, 0.15) is 12.8 Å². The Labute approximate surface area is 105 Å². The summed E-state index contributed by atoms with van der Waals surface area (Å²) in [5.41, 5.74) is 4.94. The van der Waals surface area contributed by atoms with E-state index in [1.807, 2.05) is 6.07 Å². The Morgan fingerprint density at radius 2 is 2.47 bits per heavy atom. The second-order valence-electron chi connectivity index (χ2n) is 4.20. The summed E-state index contributed by atoms with van der Waals surface area (Å²) in [6.07, 6.45) is 5.32. The van der Waals surface area contributed by atoms with Crippen LogP contribution in [0.5, 0.6) is 0 Å². The minimum Gasteiger partial charge on any atom is -0.368 e. The van der Waals surface area contributed by atoms with Crippen LogP contribution in [0.2, 0.25) is 0 Å². The Morgan fingerprint density at radius 1 is 1.71 bits per heavy atom. The lowest BCUT2D eigenvalue weighted by Crippen LogP contribution is -2.57. The van der Waals surface area contributed by atoms with Crippen molar-refractivity contribution in [3.05, 3.63) is 18.6 Å². The lowest BCUT2D eigenvalue weighted by atomic mass is 9.95. The highest BCUT2D eigenvalue weighted by molar-refractivity contribution is 7.99. The second-order valence-corrected chi connectivity index (χ2v) is 5.19. The van der Waals surface area contributed by atoms with Gasteiger partial charge in [-0.05, 0) is 31.9 Å². The minimum absolute atomic E-state index is 0.274. The SMILES string of the molecule is CNC(CSc1ccncn1)(C(N)=O)C1CC1. The van der Waals surface area contributed by atoms with Crippen LogP contribution in [0.25, 0.3) is 0 Å². The summed E-state index contributed by atoms with van der Waals surface area (Å²) in [7, 11) is 1.80. The topological polar surface area (TPSA) is 80.9 Å². The molecule has 1 saturated carbocycles. The Balaban J connectivity index is 2.06. The molecule has 6 heteroatoms. The van der Waals surface area contributed by atoms with Gasteiger partial charge in [0.1, 0.15) is 11.9 Å². The summed E-state index contributed by atoms with van der Waals surface area (Å²) < 4.78 is 0. The normalized spacial score (nSPS) is 18.6. The second kappa shape index (κ2) is 5.01. The van der Waals surface area contributed by atoms with Crippen LogP contribution in [0.3, 0.4) is 0 Å². The maximum atomic E-state index is 11.7. The molecule has 1 aliphatic rings. The van der Waals surface area contributed by atoms with Crippen molar-refractivity contribution in [1.29, 1.82) is 0 Å². The third-order valence-electron chi connectivity index (χ3n) is 3.16. The van der Waals surface area contributed by atoms with Crippen LogP contribution < -0.4 is 11.1 Å². The maximum absolute atomic E-state index is 11.7. The van der Waals surface area contributed by atoms with E-state index in [0.717, 1.165) is 17.9 Å². The molecule has 1 unspecified atom stereocenters. The molecule has 0 aliphatic heterocycles. The molecule has 1 aromatic rings. The Bertz CT molecular complexity index is 396. The number of nitrogens with one attached hydrogen (secondary N) is 1. The summed E-state index contributed by atoms with van der Waals surface area (Å²) in [6.45, 7) is 0. The van der Waals surface area contributed by atoms with E-state index in [0.29, 0.717) is 11.7 Å². The molecule has 2 rings (SSSR count). The molecule has 1 aromatic heterocycles. The number of nitrogens with two attached hydrogens (primary N) is 1. The average Bonchev–Trinajstić information content (AvgIpc) is 3.16. The number of carbonyl (C=O) groups excluding carboxylic acids is 1. The number of nitrogens with zero attached hydrogens (tertiary/aromatic N) is 2. The van der Waals surface area contributed by atoms with Gasteiger partial charge in [-0.3, -0.25) is 4.79 Å². The number of likely N-dealkylation sites (N-methyl/N-ethyl adjacent to an activating group) is 1. The van der Waals surface area contributed by atoms with E-state index >= 15 is 0 Å². The quantitative estimate of drug-likeness (QED) is 0.566. The molecule has 3 N–H and O–H groups in total. The zero-order chi connectivity index (χ0) is 12.3. The molecular formula is C11H16N4OS. The molecule has 1 atom stereocenters. The molecule has 1 fully saturated rings. The molecule has 1 amide bonds. The van der Waals surface area contributed by atoms with Crippen LogP contribution in [0.4, 0.5) is 0 Å². The van der Waals surface area contributed by atoms with Crippen LogP contribution >= 0.6 is 11.8 Å². The zero-order valence-corrected chi connectivity index (χ0v) is 10.5. The van der Waals surface area contributed by atoms with E-state index in [2.05, 4.69) is 15.3 Å². The van der Waals surface area contributed by atoms with Gasteiger partial charge in [-0.25, -0.2) is 9.97 Å². The number of amides is 1. The fraction of sp³-hybridized carbons (Fsp3) is 0.545. The van der Waals surface area contributed by atoms with Gasteiger partial charge in [-0.2, -0.15) is 0 Å². The van der Waals surface area contributed by atoms with E-state index < -0.39 is 5.54 Å². The summed E-state index contributed by atoms with van der Waals surface area (Å²) in [5, 5.41) is 3.97. The van der Waals surface area contributed by atoms with E-state index in [1.165, 1.54) is 18.1 Å². The van der Waals surface area contributed by atoms with E-state index in [1.54, 1.807) is 13.2 Å². The molecule has 0 saturated heterocycles. The van der Waals surface area contributed by atoms with Crippen LogP contribution in [-0.2, 0) is 4.79 Å². The Kier molecular flexibility index (Phi) is 3.63. The van der Waals surface area contributed by atoms with Crippen molar-refractivity contribution in [2.75, 3.05) is 12.8 Å². The molecule has 5 nitrogen and oxygen atoms in total. The number of aromatic nitrogens is 2. The van der Waals surface area contributed by atoms with Gasteiger partial charge >= 0.3 is 0 Å².